The number of ether oxygens (including phenoxy) is 3. The number of anilines is 2. The normalized spacial score (nSPS) is 13.3. The second-order valence-corrected chi connectivity index (χ2v) is 11.6. The van der Waals surface area contributed by atoms with Gasteiger partial charge in [-0.15, -0.1) is 0 Å². The predicted octanol–water partition coefficient (Wildman–Crippen LogP) is 7.12. The summed E-state index contributed by atoms with van der Waals surface area (Å²) >= 11 is 0. The van der Waals surface area contributed by atoms with Crippen molar-refractivity contribution in [1.82, 2.24) is 9.55 Å². The number of hydrogen-bond acceptors (Lipinski definition) is 8. The predicted molar refractivity (Wildman–Crippen MR) is 181 cm³/mol. The number of benzene rings is 3. The number of aromatic nitrogens is 2. The molecule has 1 saturated heterocycles. The fourth-order valence-electron chi connectivity index (χ4n) is 5.75. The quantitative estimate of drug-likeness (QED) is 0.156. The van der Waals surface area contributed by atoms with Gasteiger partial charge >= 0.3 is 0 Å². The van der Waals surface area contributed by atoms with Crippen LogP contribution >= 0.6 is 0 Å². The van der Waals surface area contributed by atoms with Crippen LogP contribution < -0.4 is 31.0 Å². The molecule has 2 aromatic heterocycles. The molecule has 0 atom stereocenters. The van der Waals surface area contributed by atoms with Gasteiger partial charge in [0.15, 0.2) is 11.5 Å². The van der Waals surface area contributed by atoms with E-state index in [-0.39, 0.29) is 16.9 Å². The van der Waals surface area contributed by atoms with Crippen molar-refractivity contribution in [1.29, 1.82) is 0 Å². The zero-order chi connectivity index (χ0) is 32.9. The molecule has 1 aliphatic rings. The number of aryl methyl sites for hydroxylation is 1. The number of hydrogen-bond donors (Lipinski definition) is 2. The number of pyridine rings is 2. The van der Waals surface area contributed by atoms with Gasteiger partial charge in [0.25, 0.3) is 0 Å². The summed E-state index contributed by atoms with van der Waals surface area (Å²) in [6, 6.07) is 19.9. The van der Waals surface area contributed by atoms with Crippen LogP contribution in [0.3, 0.4) is 0 Å². The summed E-state index contributed by atoms with van der Waals surface area (Å²) in [6.45, 7) is 3.87. The van der Waals surface area contributed by atoms with Crippen molar-refractivity contribution in [3.05, 3.63) is 107 Å². The Morgan fingerprint density at radius 1 is 0.872 bits per heavy atom. The van der Waals surface area contributed by atoms with Crippen LogP contribution in [0.5, 0.6) is 17.2 Å². The topological polar surface area (TPSA) is 110 Å². The molecule has 0 bridgehead atoms. The summed E-state index contributed by atoms with van der Waals surface area (Å²) in [5.74, 6) is 1.62. The molecular weight excluding hydrogens is 599 g/mol. The molecule has 0 spiro atoms. The number of nitrogens with zero attached hydrogens (tertiary/aromatic N) is 2. The van der Waals surface area contributed by atoms with E-state index in [9.17, 15) is 4.79 Å². The Hall–Kier alpha value is -5.35. The number of nitrogens with one attached hydrogen (secondary N) is 1. The van der Waals surface area contributed by atoms with Crippen LogP contribution in [0.4, 0.5) is 15.9 Å². The van der Waals surface area contributed by atoms with Crippen molar-refractivity contribution in [2.24, 2.45) is 5.92 Å². The van der Waals surface area contributed by atoms with Crippen LogP contribution in [-0.2, 0) is 11.3 Å². The molecule has 242 valence electrons. The molecule has 0 saturated carbocycles. The first-order valence-corrected chi connectivity index (χ1v) is 15.4. The molecule has 10 heteroatoms. The maximum Gasteiger partial charge on any atom is 0.234 e. The van der Waals surface area contributed by atoms with E-state index in [2.05, 4.69) is 10.5 Å². The number of nitrogen functional groups attached to an aromatic ring is 1. The van der Waals surface area contributed by atoms with Crippen LogP contribution in [0, 0.1) is 18.7 Å². The zero-order valence-corrected chi connectivity index (χ0v) is 26.6. The average Bonchev–Trinajstić information content (AvgIpc) is 3.09. The van der Waals surface area contributed by atoms with Gasteiger partial charge in [-0.05, 0) is 78.8 Å². The van der Waals surface area contributed by atoms with E-state index < -0.39 is 11.2 Å². The molecule has 47 heavy (non-hydrogen) atoms. The first kappa shape index (κ1) is 31.6. The Morgan fingerprint density at radius 3 is 2.34 bits per heavy atom. The summed E-state index contributed by atoms with van der Waals surface area (Å²) in [5, 5.41) is 0. The second kappa shape index (κ2) is 14.0. The molecule has 0 aliphatic carbocycles. The number of nitrogens with two attached hydrogens (primary N) is 1. The zero-order valence-electron chi connectivity index (χ0n) is 26.6. The summed E-state index contributed by atoms with van der Waals surface area (Å²) in [4.78, 5) is 23.9. The third kappa shape index (κ3) is 7.07. The number of halogens is 1. The van der Waals surface area contributed by atoms with Crippen molar-refractivity contribution >= 4 is 11.5 Å². The summed E-state index contributed by atoms with van der Waals surface area (Å²) in [5.41, 5.74) is 14.0. The lowest BCUT2D eigenvalue weighted by Crippen LogP contribution is -2.23. The minimum absolute atomic E-state index is 0.0645. The summed E-state index contributed by atoms with van der Waals surface area (Å²) < 4.78 is 33.3. The molecule has 1 fully saturated rings. The van der Waals surface area contributed by atoms with Crippen molar-refractivity contribution in [3.8, 4) is 50.6 Å². The minimum Gasteiger partial charge on any atom is -0.493 e. The van der Waals surface area contributed by atoms with Gasteiger partial charge in [-0.25, -0.2) is 14.9 Å². The molecule has 3 heterocycles. The molecule has 6 rings (SSSR count). The number of methoxy groups -OCH3 is 2. The monoisotopic (exact) mass is 636 g/mol. The van der Waals surface area contributed by atoms with Gasteiger partial charge in [-0.2, -0.15) is 0 Å². The molecule has 1 aliphatic heterocycles. The first-order valence-electron chi connectivity index (χ1n) is 15.4. The third-order valence-electron chi connectivity index (χ3n) is 8.38. The van der Waals surface area contributed by atoms with E-state index in [0.29, 0.717) is 48.7 Å². The average molecular weight is 637 g/mol. The lowest BCUT2D eigenvalue weighted by Gasteiger charge is -2.23. The van der Waals surface area contributed by atoms with Crippen LogP contribution in [0.15, 0.2) is 90.1 Å². The smallest absolute Gasteiger partial charge is 0.234 e. The van der Waals surface area contributed by atoms with Crippen LogP contribution in [0.25, 0.3) is 33.4 Å². The van der Waals surface area contributed by atoms with Gasteiger partial charge in [-0.1, -0.05) is 30.3 Å². The lowest BCUT2D eigenvalue weighted by atomic mass is 10.00. The van der Waals surface area contributed by atoms with E-state index in [0.717, 1.165) is 40.7 Å². The molecular formula is C37H37FN4O5. The van der Waals surface area contributed by atoms with Crippen LogP contribution in [0.2, 0.25) is 0 Å². The Balaban J connectivity index is 1.24. The standard InChI is InChI=1S/C37H37FN4O5/c1-23-4-10-29(32(38)16-23)31-21-42(20-24-12-14-46-15-13-24)22-35(36(31)43)47-41-28-8-5-25(6-9-28)30-17-27(19-40-37(30)39)26-7-11-33(44-2)34(18-26)45-3/h4-11,16-19,21-22,24,41H,12-15,20H2,1-3H3,(H2,39,40). The Bertz CT molecular complexity index is 1940. The maximum absolute atomic E-state index is 15.0. The highest BCUT2D eigenvalue weighted by Gasteiger charge is 2.19. The fraction of sp³-hybridized carbons (Fsp3) is 0.243. The molecule has 9 nitrogen and oxygen atoms in total. The van der Waals surface area contributed by atoms with Crippen molar-refractivity contribution in [3.63, 3.8) is 0 Å². The highest BCUT2D eigenvalue weighted by molar-refractivity contribution is 5.80. The van der Waals surface area contributed by atoms with E-state index in [1.807, 2.05) is 60.0 Å². The largest absolute Gasteiger partial charge is 0.493 e. The highest BCUT2D eigenvalue weighted by atomic mass is 19.1. The van der Waals surface area contributed by atoms with Crippen LogP contribution in [-0.4, -0.2) is 37.0 Å². The van der Waals surface area contributed by atoms with Gasteiger partial charge in [-0.3, -0.25) is 4.79 Å². The van der Waals surface area contributed by atoms with E-state index in [1.165, 1.54) is 6.07 Å². The lowest BCUT2D eigenvalue weighted by molar-refractivity contribution is 0.0612. The van der Waals surface area contributed by atoms with E-state index in [4.69, 9.17) is 24.8 Å². The Kier molecular flexibility index (Phi) is 9.40. The summed E-state index contributed by atoms with van der Waals surface area (Å²) in [6.07, 6.45) is 6.93. The van der Waals surface area contributed by atoms with Gasteiger partial charge in [0.1, 0.15) is 11.6 Å². The van der Waals surface area contributed by atoms with Crippen LogP contribution in [0.1, 0.15) is 18.4 Å². The minimum atomic E-state index is -0.454. The fourth-order valence-corrected chi connectivity index (χ4v) is 5.75. The van der Waals surface area contributed by atoms with Gasteiger partial charge < -0.3 is 29.3 Å². The molecule has 0 radical (unpaired) electrons. The van der Waals surface area contributed by atoms with Gasteiger partial charge in [0.05, 0.1) is 31.7 Å². The van der Waals surface area contributed by atoms with Gasteiger partial charge in [0.2, 0.25) is 11.2 Å². The number of rotatable bonds is 10. The molecule has 3 aromatic carbocycles. The summed E-state index contributed by atoms with van der Waals surface area (Å²) in [7, 11) is 3.19. The third-order valence-corrected chi connectivity index (χ3v) is 8.38. The first-order chi connectivity index (χ1) is 22.8. The molecule has 5 aromatic rings. The maximum atomic E-state index is 15.0. The SMILES string of the molecule is COc1ccc(-c2cnc(N)c(-c3ccc(NOc4cn(CC5CCOCC5)cc(-c5ccc(C)cc5F)c4=O)cc3)c2)cc1OC. The van der Waals surface area contributed by atoms with Gasteiger partial charge in [0, 0.05) is 48.8 Å². The molecule has 3 N–H and O–H groups in total. The van der Waals surface area contributed by atoms with Crippen molar-refractivity contribution < 1.29 is 23.4 Å². The highest BCUT2D eigenvalue weighted by Crippen LogP contribution is 2.35. The van der Waals surface area contributed by atoms with E-state index >= 15 is 4.39 Å². The van der Waals surface area contributed by atoms with Crippen molar-refractivity contribution in [2.45, 2.75) is 26.3 Å². The Labute approximate surface area is 272 Å². The molecule has 0 unspecified atom stereocenters. The molecule has 0 amide bonds. The second-order valence-electron chi connectivity index (χ2n) is 11.6. The van der Waals surface area contributed by atoms with E-state index in [1.54, 1.807) is 44.9 Å². The Morgan fingerprint density at radius 2 is 1.62 bits per heavy atom. The van der Waals surface area contributed by atoms with Crippen molar-refractivity contribution in [2.75, 3.05) is 38.6 Å².